The largest absolute Gasteiger partial charge is 0.506 e. The number of anilines is 3. The number of hydrogen-bond acceptors (Lipinski definition) is 3. The maximum absolute atomic E-state index is 10.1. The Balaban J connectivity index is 1.42. The van der Waals surface area contributed by atoms with Gasteiger partial charge in [-0.25, -0.2) is 4.98 Å². The lowest BCUT2D eigenvalue weighted by atomic mass is 10.1. The molecule has 3 heteroatoms. The van der Waals surface area contributed by atoms with Crippen LogP contribution in [0.25, 0.3) is 23.1 Å². The maximum atomic E-state index is 10.1. The van der Waals surface area contributed by atoms with Crippen LogP contribution in [-0.4, -0.2) is 10.1 Å². The molecule has 35 heavy (non-hydrogen) atoms. The Kier molecular flexibility index (Phi) is 6.58. The fourth-order valence-corrected chi connectivity index (χ4v) is 4.28. The number of hydrogen-bond donors (Lipinski definition) is 1. The first-order valence-electron chi connectivity index (χ1n) is 12.0. The SMILES string of the molecule is CCCc1ccc(N(c2ccccc2)c2ccc(/C=C/c3ccc4cccc(O)c4n3)cc2)cc1. The number of pyridine rings is 1. The van der Waals surface area contributed by atoms with Gasteiger partial charge in [0, 0.05) is 22.4 Å². The van der Waals surface area contributed by atoms with E-state index in [1.807, 2.05) is 42.5 Å². The number of phenolic OH excluding ortho intramolecular Hbond substituents is 1. The minimum absolute atomic E-state index is 0.200. The minimum Gasteiger partial charge on any atom is -0.506 e. The van der Waals surface area contributed by atoms with Crippen LogP contribution in [0, 0.1) is 0 Å². The van der Waals surface area contributed by atoms with Crippen LogP contribution in [0.4, 0.5) is 17.1 Å². The van der Waals surface area contributed by atoms with Crippen molar-refractivity contribution in [3.05, 3.63) is 126 Å². The Morgan fingerprint density at radius 1 is 0.686 bits per heavy atom. The van der Waals surface area contributed by atoms with E-state index < -0.39 is 0 Å². The number of fused-ring (bicyclic) bond motifs is 1. The van der Waals surface area contributed by atoms with Crippen molar-refractivity contribution in [2.45, 2.75) is 19.8 Å². The second-order valence-corrected chi connectivity index (χ2v) is 8.60. The van der Waals surface area contributed by atoms with Crippen molar-refractivity contribution in [2.75, 3.05) is 4.90 Å². The molecule has 0 saturated heterocycles. The molecule has 4 aromatic carbocycles. The maximum Gasteiger partial charge on any atom is 0.141 e. The monoisotopic (exact) mass is 456 g/mol. The van der Waals surface area contributed by atoms with Gasteiger partial charge in [-0.2, -0.15) is 0 Å². The average Bonchev–Trinajstić information content (AvgIpc) is 2.90. The second kappa shape index (κ2) is 10.3. The zero-order chi connectivity index (χ0) is 24.0. The molecule has 0 spiro atoms. The Labute approximate surface area is 206 Å². The first-order chi connectivity index (χ1) is 17.2. The molecule has 1 N–H and O–H groups in total. The first kappa shape index (κ1) is 22.4. The van der Waals surface area contributed by atoms with E-state index in [1.165, 1.54) is 5.56 Å². The van der Waals surface area contributed by atoms with Crippen molar-refractivity contribution >= 4 is 40.1 Å². The molecule has 5 rings (SSSR count). The van der Waals surface area contributed by atoms with Gasteiger partial charge in [0.1, 0.15) is 11.3 Å². The van der Waals surface area contributed by atoms with Crippen molar-refractivity contribution in [2.24, 2.45) is 0 Å². The summed E-state index contributed by atoms with van der Waals surface area (Å²) < 4.78 is 0. The van der Waals surface area contributed by atoms with Crippen LogP contribution in [0.2, 0.25) is 0 Å². The summed E-state index contributed by atoms with van der Waals surface area (Å²) in [6.07, 6.45) is 6.26. The Morgan fingerprint density at radius 2 is 1.37 bits per heavy atom. The molecule has 0 aliphatic rings. The van der Waals surface area contributed by atoms with Gasteiger partial charge in [-0.05, 0) is 72.2 Å². The van der Waals surface area contributed by atoms with E-state index in [-0.39, 0.29) is 5.75 Å². The van der Waals surface area contributed by atoms with Gasteiger partial charge < -0.3 is 10.0 Å². The van der Waals surface area contributed by atoms with E-state index in [1.54, 1.807) is 6.07 Å². The third-order valence-corrected chi connectivity index (χ3v) is 6.07. The molecule has 172 valence electrons. The average molecular weight is 457 g/mol. The minimum atomic E-state index is 0.200. The highest BCUT2D eigenvalue weighted by molar-refractivity contribution is 5.86. The molecule has 1 heterocycles. The predicted molar refractivity (Wildman–Crippen MR) is 147 cm³/mol. The second-order valence-electron chi connectivity index (χ2n) is 8.60. The molecule has 5 aromatic rings. The standard InChI is InChI=1S/C32H28N2O/c1-2-7-24-13-20-29(21-14-24)34(28-9-4-3-5-10-28)30-22-15-25(16-23-30)12-18-27-19-17-26-8-6-11-31(35)32(26)33-27/h3-6,8-23,35H,2,7H2,1H3/b18-12+. The summed E-state index contributed by atoms with van der Waals surface area (Å²) >= 11 is 0. The summed E-state index contributed by atoms with van der Waals surface area (Å²) in [5.41, 5.74) is 7.23. The number of aryl methyl sites for hydroxylation is 1. The molecule has 0 bridgehead atoms. The number of aromatic hydroxyl groups is 1. The Hall–Kier alpha value is -4.37. The van der Waals surface area contributed by atoms with E-state index in [9.17, 15) is 5.11 Å². The first-order valence-corrected chi connectivity index (χ1v) is 12.0. The summed E-state index contributed by atoms with van der Waals surface area (Å²) in [5, 5.41) is 11.0. The summed E-state index contributed by atoms with van der Waals surface area (Å²) in [4.78, 5) is 6.86. The molecule has 0 atom stereocenters. The van der Waals surface area contributed by atoms with Crippen molar-refractivity contribution in [3.63, 3.8) is 0 Å². The summed E-state index contributed by atoms with van der Waals surface area (Å²) in [6, 6.07) is 37.2. The Morgan fingerprint density at radius 3 is 2.09 bits per heavy atom. The highest BCUT2D eigenvalue weighted by Gasteiger charge is 2.12. The van der Waals surface area contributed by atoms with Crippen molar-refractivity contribution in [1.29, 1.82) is 0 Å². The third-order valence-electron chi connectivity index (χ3n) is 6.07. The zero-order valence-electron chi connectivity index (χ0n) is 19.8. The molecule has 3 nitrogen and oxygen atoms in total. The van der Waals surface area contributed by atoms with Crippen LogP contribution in [0.5, 0.6) is 5.75 Å². The van der Waals surface area contributed by atoms with Gasteiger partial charge in [0.05, 0.1) is 5.69 Å². The number of phenols is 1. The quantitative estimate of drug-likeness (QED) is 0.266. The molecule has 0 amide bonds. The number of aromatic nitrogens is 1. The van der Waals surface area contributed by atoms with Gasteiger partial charge in [0.25, 0.3) is 0 Å². The van der Waals surface area contributed by atoms with Gasteiger partial charge >= 0.3 is 0 Å². The highest BCUT2D eigenvalue weighted by atomic mass is 16.3. The van der Waals surface area contributed by atoms with Gasteiger partial charge in [-0.1, -0.05) is 80.1 Å². The predicted octanol–water partition coefficient (Wildman–Crippen LogP) is 8.53. The molecule has 0 radical (unpaired) electrons. The number of para-hydroxylation sites is 2. The van der Waals surface area contributed by atoms with Crippen LogP contribution in [0.1, 0.15) is 30.2 Å². The van der Waals surface area contributed by atoms with Crippen LogP contribution >= 0.6 is 0 Å². The van der Waals surface area contributed by atoms with Crippen LogP contribution < -0.4 is 4.90 Å². The summed E-state index contributed by atoms with van der Waals surface area (Å²) in [6.45, 7) is 2.21. The normalized spacial score (nSPS) is 11.2. The number of rotatable bonds is 7. The lowest BCUT2D eigenvalue weighted by molar-refractivity contribution is 0.480. The van der Waals surface area contributed by atoms with Gasteiger partial charge in [-0.3, -0.25) is 0 Å². The summed E-state index contributed by atoms with van der Waals surface area (Å²) in [5.74, 6) is 0.200. The third kappa shape index (κ3) is 5.10. The summed E-state index contributed by atoms with van der Waals surface area (Å²) in [7, 11) is 0. The lowest BCUT2D eigenvalue weighted by Crippen LogP contribution is -2.09. The van der Waals surface area contributed by atoms with E-state index >= 15 is 0 Å². The topological polar surface area (TPSA) is 36.4 Å². The van der Waals surface area contributed by atoms with Gasteiger partial charge in [-0.15, -0.1) is 0 Å². The van der Waals surface area contributed by atoms with Crippen molar-refractivity contribution in [3.8, 4) is 5.75 Å². The van der Waals surface area contributed by atoms with E-state index in [0.29, 0.717) is 5.52 Å². The molecule has 0 aliphatic carbocycles. The van der Waals surface area contributed by atoms with Crippen LogP contribution in [0.3, 0.4) is 0 Å². The molecule has 1 aromatic heterocycles. The van der Waals surface area contributed by atoms with Gasteiger partial charge in [0.15, 0.2) is 0 Å². The van der Waals surface area contributed by atoms with E-state index in [2.05, 4.69) is 89.6 Å². The van der Waals surface area contributed by atoms with E-state index in [0.717, 1.165) is 46.5 Å². The Bertz CT molecular complexity index is 1440. The smallest absolute Gasteiger partial charge is 0.141 e. The van der Waals surface area contributed by atoms with E-state index in [4.69, 9.17) is 0 Å². The lowest BCUT2D eigenvalue weighted by Gasteiger charge is -2.25. The number of nitrogens with zero attached hydrogens (tertiary/aromatic N) is 2. The fraction of sp³-hybridized carbons (Fsp3) is 0.0938. The van der Waals surface area contributed by atoms with Crippen LogP contribution in [-0.2, 0) is 6.42 Å². The molecular formula is C32H28N2O. The van der Waals surface area contributed by atoms with Crippen molar-refractivity contribution < 1.29 is 5.11 Å². The molecular weight excluding hydrogens is 428 g/mol. The molecule has 0 aliphatic heterocycles. The fourth-order valence-electron chi connectivity index (χ4n) is 4.28. The molecule has 0 saturated carbocycles. The molecule has 0 unspecified atom stereocenters. The highest BCUT2D eigenvalue weighted by Crippen LogP contribution is 2.34. The molecule has 0 fully saturated rings. The number of benzene rings is 4. The van der Waals surface area contributed by atoms with Gasteiger partial charge in [0.2, 0.25) is 0 Å². The van der Waals surface area contributed by atoms with Crippen LogP contribution in [0.15, 0.2) is 109 Å². The van der Waals surface area contributed by atoms with Crippen molar-refractivity contribution in [1.82, 2.24) is 4.98 Å². The zero-order valence-corrected chi connectivity index (χ0v) is 19.8.